The van der Waals surface area contributed by atoms with Gasteiger partial charge in [-0.15, -0.1) is 11.3 Å². The van der Waals surface area contributed by atoms with Crippen LogP contribution in [0.5, 0.6) is 0 Å². The first-order chi connectivity index (χ1) is 7.59. The lowest BCUT2D eigenvalue weighted by Crippen LogP contribution is -1.99. The van der Waals surface area contributed by atoms with E-state index in [1.54, 1.807) is 17.4 Å². The van der Waals surface area contributed by atoms with Crippen LogP contribution in [0.4, 0.5) is 0 Å². The Hall–Kier alpha value is -1.61. The number of thiophene rings is 1. The Morgan fingerprint density at radius 1 is 1.25 bits per heavy atom. The molecular weight excluding hydrogens is 220 g/mol. The zero-order valence-electron chi connectivity index (χ0n) is 9.15. The van der Waals surface area contributed by atoms with Crippen LogP contribution in [-0.2, 0) is 0 Å². The molecule has 82 valence electrons. The average Bonchev–Trinajstić information content (AvgIpc) is 2.63. The summed E-state index contributed by atoms with van der Waals surface area (Å²) in [5.74, 6) is -0.872. The smallest absolute Gasteiger partial charge is 0.336 e. The van der Waals surface area contributed by atoms with E-state index in [4.69, 9.17) is 5.11 Å². The van der Waals surface area contributed by atoms with E-state index < -0.39 is 5.97 Å². The minimum Gasteiger partial charge on any atom is -0.478 e. The third-order valence-electron chi connectivity index (χ3n) is 2.51. The summed E-state index contributed by atoms with van der Waals surface area (Å²) in [5.41, 5.74) is 3.39. The van der Waals surface area contributed by atoms with Crippen LogP contribution in [-0.4, -0.2) is 11.1 Å². The molecule has 0 aliphatic rings. The first kappa shape index (κ1) is 10.9. The zero-order valence-corrected chi connectivity index (χ0v) is 9.97. The van der Waals surface area contributed by atoms with Crippen molar-refractivity contribution in [1.29, 1.82) is 0 Å². The molecule has 1 N–H and O–H groups in total. The molecule has 0 amide bonds. The van der Waals surface area contributed by atoms with E-state index in [-0.39, 0.29) is 0 Å². The Balaban J connectivity index is 2.67. The summed E-state index contributed by atoms with van der Waals surface area (Å²) in [6, 6.07) is 7.44. The third-order valence-corrected chi connectivity index (χ3v) is 3.56. The maximum atomic E-state index is 11.1. The van der Waals surface area contributed by atoms with Gasteiger partial charge in [0.1, 0.15) is 0 Å². The predicted molar refractivity (Wildman–Crippen MR) is 66.2 cm³/mol. The van der Waals surface area contributed by atoms with Gasteiger partial charge in [0.15, 0.2) is 0 Å². The quantitative estimate of drug-likeness (QED) is 0.856. The summed E-state index contributed by atoms with van der Waals surface area (Å²) in [5, 5.41) is 11.1. The van der Waals surface area contributed by atoms with Gasteiger partial charge in [-0.05, 0) is 43.0 Å². The molecule has 0 spiro atoms. The molecule has 16 heavy (non-hydrogen) atoms. The highest BCUT2D eigenvalue weighted by Gasteiger charge is 2.14. The van der Waals surface area contributed by atoms with Crippen molar-refractivity contribution in [3.05, 3.63) is 46.3 Å². The third kappa shape index (κ3) is 1.86. The van der Waals surface area contributed by atoms with Crippen LogP contribution in [0.25, 0.3) is 10.4 Å². The molecule has 0 fully saturated rings. The summed E-state index contributed by atoms with van der Waals surface area (Å²) in [6.45, 7) is 3.97. The van der Waals surface area contributed by atoms with E-state index in [1.807, 2.05) is 37.4 Å². The highest BCUT2D eigenvalue weighted by atomic mass is 32.1. The highest BCUT2D eigenvalue weighted by molar-refractivity contribution is 7.13. The Bertz CT molecular complexity index is 541. The van der Waals surface area contributed by atoms with Gasteiger partial charge in [0, 0.05) is 10.4 Å². The van der Waals surface area contributed by atoms with Gasteiger partial charge >= 0.3 is 5.97 Å². The molecule has 3 heteroatoms. The standard InChI is InChI=1S/C13H12O2S/c1-8-3-4-10(13(14)15)11(7-8)12-9(2)5-6-16-12/h3-7H,1-2H3,(H,14,15). The van der Waals surface area contributed by atoms with Crippen LogP contribution in [0, 0.1) is 13.8 Å². The van der Waals surface area contributed by atoms with Gasteiger partial charge in [0.2, 0.25) is 0 Å². The fourth-order valence-electron chi connectivity index (χ4n) is 1.68. The number of aromatic carboxylic acids is 1. The lowest BCUT2D eigenvalue weighted by molar-refractivity contribution is 0.0698. The van der Waals surface area contributed by atoms with Crippen LogP contribution in [0.1, 0.15) is 21.5 Å². The summed E-state index contributed by atoms with van der Waals surface area (Å²) < 4.78 is 0. The molecule has 0 saturated heterocycles. The zero-order chi connectivity index (χ0) is 11.7. The van der Waals surface area contributed by atoms with Crippen molar-refractivity contribution in [2.45, 2.75) is 13.8 Å². The van der Waals surface area contributed by atoms with Crippen LogP contribution in [0.15, 0.2) is 29.6 Å². The largest absolute Gasteiger partial charge is 0.478 e. The fourth-order valence-corrected chi connectivity index (χ4v) is 2.64. The summed E-state index contributed by atoms with van der Waals surface area (Å²) in [6.07, 6.45) is 0. The number of carboxylic acid groups (broad SMARTS) is 1. The molecule has 1 aromatic carbocycles. The van der Waals surface area contributed by atoms with Gasteiger partial charge in [-0.2, -0.15) is 0 Å². The fraction of sp³-hybridized carbons (Fsp3) is 0.154. The normalized spacial score (nSPS) is 10.4. The Morgan fingerprint density at radius 3 is 2.56 bits per heavy atom. The number of rotatable bonds is 2. The molecule has 2 nitrogen and oxygen atoms in total. The van der Waals surface area contributed by atoms with E-state index in [2.05, 4.69) is 0 Å². The van der Waals surface area contributed by atoms with E-state index in [0.717, 1.165) is 21.6 Å². The van der Waals surface area contributed by atoms with Crippen molar-refractivity contribution in [3.63, 3.8) is 0 Å². The van der Waals surface area contributed by atoms with Crippen molar-refractivity contribution < 1.29 is 9.90 Å². The second-order valence-corrected chi connectivity index (χ2v) is 4.70. The van der Waals surface area contributed by atoms with Gasteiger partial charge in [0.05, 0.1) is 5.56 Å². The molecule has 1 heterocycles. The maximum absolute atomic E-state index is 11.1. The first-order valence-corrected chi connectivity index (χ1v) is 5.86. The van der Waals surface area contributed by atoms with Crippen molar-refractivity contribution in [2.75, 3.05) is 0 Å². The van der Waals surface area contributed by atoms with Crippen LogP contribution in [0.3, 0.4) is 0 Å². The molecule has 2 aromatic rings. The number of aryl methyl sites for hydroxylation is 2. The lowest BCUT2D eigenvalue weighted by atomic mass is 10.0. The second kappa shape index (κ2) is 4.10. The van der Waals surface area contributed by atoms with Gasteiger partial charge in [-0.25, -0.2) is 4.79 Å². The molecule has 0 aliphatic carbocycles. The Kier molecular flexibility index (Phi) is 2.79. The van der Waals surface area contributed by atoms with Crippen LogP contribution in [0.2, 0.25) is 0 Å². The van der Waals surface area contributed by atoms with Gasteiger partial charge < -0.3 is 5.11 Å². The lowest BCUT2D eigenvalue weighted by Gasteiger charge is -2.06. The van der Waals surface area contributed by atoms with Gasteiger partial charge in [-0.3, -0.25) is 0 Å². The molecule has 0 atom stereocenters. The average molecular weight is 232 g/mol. The van der Waals surface area contributed by atoms with E-state index >= 15 is 0 Å². The van der Waals surface area contributed by atoms with Crippen molar-refractivity contribution >= 4 is 17.3 Å². The van der Waals surface area contributed by atoms with E-state index in [0.29, 0.717) is 5.56 Å². The summed E-state index contributed by atoms with van der Waals surface area (Å²) in [4.78, 5) is 12.2. The first-order valence-electron chi connectivity index (χ1n) is 4.98. The second-order valence-electron chi connectivity index (χ2n) is 3.79. The number of hydrogen-bond acceptors (Lipinski definition) is 2. The predicted octanol–water partition coefficient (Wildman–Crippen LogP) is 3.73. The Morgan fingerprint density at radius 2 is 2.00 bits per heavy atom. The molecule has 0 unspecified atom stereocenters. The number of carboxylic acids is 1. The topological polar surface area (TPSA) is 37.3 Å². The highest BCUT2D eigenvalue weighted by Crippen LogP contribution is 2.32. The molecule has 0 bridgehead atoms. The summed E-state index contributed by atoms with van der Waals surface area (Å²) in [7, 11) is 0. The molecule has 1 aromatic heterocycles. The van der Waals surface area contributed by atoms with Crippen LogP contribution < -0.4 is 0 Å². The molecule has 0 saturated carbocycles. The number of benzene rings is 1. The monoisotopic (exact) mass is 232 g/mol. The van der Waals surface area contributed by atoms with E-state index in [1.165, 1.54) is 0 Å². The van der Waals surface area contributed by atoms with Crippen molar-refractivity contribution in [1.82, 2.24) is 0 Å². The number of hydrogen-bond donors (Lipinski definition) is 1. The van der Waals surface area contributed by atoms with Crippen molar-refractivity contribution in [3.8, 4) is 10.4 Å². The van der Waals surface area contributed by atoms with Crippen LogP contribution >= 0.6 is 11.3 Å². The molecular formula is C13H12O2S. The molecule has 0 radical (unpaired) electrons. The van der Waals surface area contributed by atoms with Crippen molar-refractivity contribution in [2.24, 2.45) is 0 Å². The minimum atomic E-state index is -0.872. The Labute approximate surface area is 98.2 Å². The minimum absolute atomic E-state index is 0.371. The maximum Gasteiger partial charge on any atom is 0.336 e. The molecule has 0 aliphatic heterocycles. The van der Waals surface area contributed by atoms with E-state index in [9.17, 15) is 4.79 Å². The summed E-state index contributed by atoms with van der Waals surface area (Å²) >= 11 is 1.58. The van der Waals surface area contributed by atoms with Gasteiger partial charge in [-0.1, -0.05) is 11.6 Å². The number of carbonyl (C=O) groups is 1. The molecule has 2 rings (SSSR count). The van der Waals surface area contributed by atoms with Gasteiger partial charge in [0.25, 0.3) is 0 Å². The SMILES string of the molecule is Cc1ccc(C(=O)O)c(-c2sccc2C)c1.